The van der Waals surface area contributed by atoms with Crippen LogP contribution >= 0.6 is 0 Å². The van der Waals surface area contributed by atoms with Crippen LogP contribution < -0.4 is 10.6 Å². The molecule has 34 heavy (non-hydrogen) atoms. The van der Waals surface area contributed by atoms with E-state index in [9.17, 15) is 26.8 Å². The molecule has 0 aromatic heterocycles. The average Bonchev–Trinajstić information content (AvgIpc) is 2.75. The number of aryl methyl sites for hydroxylation is 3. The van der Waals surface area contributed by atoms with E-state index in [0.717, 1.165) is 30.5 Å². The van der Waals surface area contributed by atoms with Gasteiger partial charge in [0.25, 0.3) is 0 Å². The SMILES string of the molecule is Cc1cc(C)c(S(=O)(=O)N2CCCCC2CCNC(=O)C(=O)Nc2ccc(F)cc2F)c(C)c1. The van der Waals surface area contributed by atoms with Crippen LogP contribution in [-0.2, 0) is 19.6 Å². The molecule has 1 unspecified atom stereocenters. The Balaban J connectivity index is 1.64. The summed E-state index contributed by atoms with van der Waals surface area (Å²) in [5, 5.41) is 4.55. The molecule has 0 bridgehead atoms. The van der Waals surface area contributed by atoms with Gasteiger partial charge in [0.2, 0.25) is 10.0 Å². The number of piperidine rings is 1. The van der Waals surface area contributed by atoms with Crippen molar-refractivity contribution < 1.29 is 26.8 Å². The van der Waals surface area contributed by atoms with E-state index in [-0.39, 0.29) is 18.3 Å². The smallest absolute Gasteiger partial charge is 0.313 e. The molecule has 1 aliphatic rings. The van der Waals surface area contributed by atoms with Crippen LogP contribution in [0.1, 0.15) is 42.4 Å². The third-order valence-corrected chi connectivity index (χ3v) is 8.15. The second-order valence-corrected chi connectivity index (χ2v) is 10.4. The maximum atomic E-state index is 13.7. The van der Waals surface area contributed by atoms with Gasteiger partial charge in [0.1, 0.15) is 11.6 Å². The van der Waals surface area contributed by atoms with Gasteiger partial charge in [-0.25, -0.2) is 17.2 Å². The number of carbonyl (C=O) groups is 2. The standard InChI is InChI=1S/C24H29F2N3O4S/c1-15-12-16(2)22(17(3)13-15)34(32,33)29-11-5-4-6-19(29)9-10-27-23(30)24(31)28-21-8-7-18(25)14-20(21)26/h7-8,12-14,19H,4-6,9-11H2,1-3H3,(H,27,30)(H,28,31). The van der Waals surface area contributed by atoms with Crippen LogP contribution in [0.3, 0.4) is 0 Å². The maximum absolute atomic E-state index is 13.7. The van der Waals surface area contributed by atoms with Crippen LogP contribution in [0, 0.1) is 32.4 Å². The lowest BCUT2D eigenvalue weighted by atomic mass is 10.0. The monoisotopic (exact) mass is 493 g/mol. The molecule has 3 rings (SSSR count). The lowest BCUT2D eigenvalue weighted by Gasteiger charge is -2.35. The largest absolute Gasteiger partial charge is 0.348 e. The molecule has 0 spiro atoms. The minimum Gasteiger partial charge on any atom is -0.348 e. The first-order valence-electron chi connectivity index (χ1n) is 11.1. The van der Waals surface area contributed by atoms with E-state index < -0.39 is 33.5 Å². The maximum Gasteiger partial charge on any atom is 0.313 e. The van der Waals surface area contributed by atoms with E-state index in [1.165, 1.54) is 4.31 Å². The molecule has 1 aliphatic heterocycles. The summed E-state index contributed by atoms with van der Waals surface area (Å²) in [5.41, 5.74) is 2.07. The first kappa shape index (κ1) is 25.8. The van der Waals surface area contributed by atoms with E-state index in [2.05, 4.69) is 10.6 Å². The third-order valence-electron chi connectivity index (χ3n) is 5.89. The normalized spacial score (nSPS) is 16.8. The van der Waals surface area contributed by atoms with Crippen molar-refractivity contribution in [3.63, 3.8) is 0 Å². The van der Waals surface area contributed by atoms with Crippen LogP contribution in [0.5, 0.6) is 0 Å². The number of anilines is 1. The zero-order chi connectivity index (χ0) is 25.0. The summed E-state index contributed by atoms with van der Waals surface area (Å²) in [6, 6.07) is 5.96. The number of hydrogen-bond acceptors (Lipinski definition) is 4. The Morgan fingerprint density at radius 1 is 1.03 bits per heavy atom. The van der Waals surface area contributed by atoms with Crippen LogP contribution in [0.25, 0.3) is 0 Å². The lowest BCUT2D eigenvalue weighted by Crippen LogP contribution is -2.46. The highest BCUT2D eigenvalue weighted by Crippen LogP contribution is 2.31. The molecule has 10 heteroatoms. The Bertz CT molecular complexity index is 1180. The van der Waals surface area contributed by atoms with Crippen LogP contribution in [0.4, 0.5) is 14.5 Å². The number of benzene rings is 2. The molecular weight excluding hydrogens is 464 g/mol. The molecule has 1 saturated heterocycles. The highest BCUT2D eigenvalue weighted by atomic mass is 32.2. The number of halogens is 2. The molecule has 1 atom stereocenters. The van der Waals surface area contributed by atoms with Gasteiger partial charge in [-0.2, -0.15) is 4.31 Å². The minimum absolute atomic E-state index is 0.0701. The number of amides is 2. The first-order chi connectivity index (χ1) is 16.0. The Kier molecular flexibility index (Phi) is 8.04. The predicted molar refractivity (Wildman–Crippen MR) is 125 cm³/mol. The predicted octanol–water partition coefficient (Wildman–Crippen LogP) is 3.58. The number of sulfonamides is 1. The summed E-state index contributed by atoms with van der Waals surface area (Å²) >= 11 is 0. The molecule has 0 aliphatic carbocycles. The van der Waals surface area contributed by atoms with Crippen molar-refractivity contribution in [3.8, 4) is 0 Å². The second-order valence-electron chi connectivity index (χ2n) is 8.62. The number of carbonyl (C=O) groups excluding carboxylic acids is 2. The molecule has 2 aromatic carbocycles. The fourth-order valence-corrected chi connectivity index (χ4v) is 6.61. The topological polar surface area (TPSA) is 95.6 Å². The molecular formula is C24H29F2N3O4S. The first-order valence-corrected chi connectivity index (χ1v) is 12.6. The molecule has 2 aromatic rings. The quantitative estimate of drug-likeness (QED) is 0.602. The molecule has 7 nitrogen and oxygen atoms in total. The van der Waals surface area contributed by atoms with Crippen molar-refractivity contribution in [1.29, 1.82) is 0 Å². The van der Waals surface area contributed by atoms with Gasteiger partial charge < -0.3 is 10.6 Å². The Labute approximate surface area is 198 Å². The number of nitrogens with one attached hydrogen (secondary N) is 2. The zero-order valence-corrected chi connectivity index (χ0v) is 20.3. The van der Waals surface area contributed by atoms with Crippen molar-refractivity contribution in [2.45, 2.75) is 57.4 Å². The van der Waals surface area contributed by atoms with E-state index in [1.807, 2.05) is 19.1 Å². The molecule has 2 N–H and O–H groups in total. The summed E-state index contributed by atoms with van der Waals surface area (Å²) in [5.74, 6) is -3.88. The number of rotatable bonds is 6. The van der Waals surface area contributed by atoms with E-state index in [1.54, 1.807) is 13.8 Å². The minimum atomic E-state index is -3.74. The third kappa shape index (κ3) is 5.79. The van der Waals surface area contributed by atoms with Gasteiger partial charge in [-0.05, 0) is 63.3 Å². The van der Waals surface area contributed by atoms with Crippen molar-refractivity contribution >= 4 is 27.5 Å². The Morgan fingerprint density at radius 3 is 2.35 bits per heavy atom. The molecule has 1 fully saturated rings. The van der Waals surface area contributed by atoms with Crippen LogP contribution in [-0.4, -0.2) is 43.7 Å². The van der Waals surface area contributed by atoms with Gasteiger partial charge in [-0.1, -0.05) is 24.1 Å². The summed E-state index contributed by atoms with van der Waals surface area (Å²) in [6.07, 6.45) is 2.58. The second kappa shape index (κ2) is 10.6. The van der Waals surface area contributed by atoms with E-state index in [0.29, 0.717) is 41.5 Å². The van der Waals surface area contributed by atoms with Crippen molar-refractivity contribution in [2.75, 3.05) is 18.4 Å². The summed E-state index contributed by atoms with van der Waals surface area (Å²) in [4.78, 5) is 24.5. The number of nitrogens with zero attached hydrogens (tertiary/aromatic N) is 1. The Morgan fingerprint density at radius 2 is 1.71 bits per heavy atom. The van der Waals surface area contributed by atoms with Crippen molar-refractivity contribution in [1.82, 2.24) is 9.62 Å². The van der Waals surface area contributed by atoms with Gasteiger partial charge >= 0.3 is 11.8 Å². The van der Waals surface area contributed by atoms with Gasteiger partial charge in [0.15, 0.2) is 0 Å². The fourth-order valence-electron chi connectivity index (χ4n) is 4.47. The van der Waals surface area contributed by atoms with Crippen LogP contribution in [0.2, 0.25) is 0 Å². The van der Waals surface area contributed by atoms with Crippen molar-refractivity contribution in [3.05, 3.63) is 58.7 Å². The Hall–Kier alpha value is -2.85. The summed E-state index contributed by atoms with van der Waals surface area (Å²) in [6.45, 7) is 5.95. The lowest BCUT2D eigenvalue weighted by molar-refractivity contribution is -0.136. The highest BCUT2D eigenvalue weighted by molar-refractivity contribution is 7.89. The summed E-state index contributed by atoms with van der Waals surface area (Å²) < 4.78 is 55.2. The fraction of sp³-hybridized carbons (Fsp3) is 0.417. The summed E-state index contributed by atoms with van der Waals surface area (Å²) in [7, 11) is -3.74. The van der Waals surface area contributed by atoms with Gasteiger partial charge in [0.05, 0.1) is 10.6 Å². The molecule has 0 radical (unpaired) electrons. The van der Waals surface area contributed by atoms with Gasteiger partial charge in [-0.3, -0.25) is 9.59 Å². The van der Waals surface area contributed by atoms with Gasteiger partial charge in [-0.15, -0.1) is 0 Å². The average molecular weight is 494 g/mol. The zero-order valence-electron chi connectivity index (χ0n) is 19.5. The molecule has 184 valence electrons. The molecule has 1 heterocycles. The van der Waals surface area contributed by atoms with Crippen molar-refractivity contribution in [2.24, 2.45) is 0 Å². The van der Waals surface area contributed by atoms with Gasteiger partial charge in [0, 0.05) is 25.2 Å². The van der Waals surface area contributed by atoms with Crippen LogP contribution in [0.15, 0.2) is 35.2 Å². The highest BCUT2D eigenvalue weighted by Gasteiger charge is 2.35. The number of hydrogen-bond donors (Lipinski definition) is 2. The molecule has 2 amide bonds. The van der Waals surface area contributed by atoms with E-state index in [4.69, 9.17) is 0 Å². The van der Waals surface area contributed by atoms with E-state index >= 15 is 0 Å². The molecule has 0 saturated carbocycles.